The lowest BCUT2D eigenvalue weighted by molar-refractivity contribution is -0.116. The van der Waals surface area contributed by atoms with Gasteiger partial charge in [-0.2, -0.15) is 0 Å². The maximum atomic E-state index is 13.1. The quantitative estimate of drug-likeness (QED) is 0.856. The Hall–Kier alpha value is -2.41. The minimum Gasteiger partial charge on any atom is -0.507 e. The lowest BCUT2D eigenvalue weighted by atomic mass is 10.2. The smallest absolute Gasteiger partial charge is 0.257 e. The van der Waals surface area contributed by atoms with Crippen molar-refractivity contribution >= 4 is 33.4 Å². The lowest BCUT2D eigenvalue weighted by Gasteiger charge is -2.17. The van der Waals surface area contributed by atoms with Crippen LogP contribution in [0.25, 0.3) is 0 Å². The van der Waals surface area contributed by atoms with Crippen molar-refractivity contribution in [2.45, 2.75) is 0 Å². The Morgan fingerprint density at radius 3 is 2.70 bits per heavy atom. The molecule has 2 aromatic rings. The molecule has 0 aromatic heterocycles. The Bertz CT molecular complexity index is 752. The van der Waals surface area contributed by atoms with Gasteiger partial charge < -0.3 is 15.3 Å². The molecule has 2 N–H and O–H groups in total. The molecule has 0 fully saturated rings. The van der Waals surface area contributed by atoms with Crippen LogP contribution in [0.1, 0.15) is 10.4 Å². The average molecular weight is 381 g/mol. The molecule has 2 rings (SSSR count). The largest absolute Gasteiger partial charge is 0.507 e. The number of amides is 2. The second kappa shape index (κ2) is 7.23. The van der Waals surface area contributed by atoms with E-state index in [4.69, 9.17) is 0 Å². The van der Waals surface area contributed by atoms with Crippen LogP contribution in [0, 0.1) is 5.82 Å². The van der Waals surface area contributed by atoms with Crippen LogP contribution < -0.4 is 5.32 Å². The van der Waals surface area contributed by atoms with Crippen LogP contribution in [0.4, 0.5) is 10.1 Å². The zero-order valence-corrected chi connectivity index (χ0v) is 13.8. The topological polar surface area (TPSA) is 69.6 Å². The zero-order chi connectivity index (χ0) is 17.0. The number of halogens is 2. The standard InChI is InChI=1S/C16H14BrFN2O3/c1-20(16(23)13-7-10(17)5-6-14(13)21)9-15(22)19-12-4-2-3-11(18)8-12/h2-8,21H,9H2,1H3,(H,19,22). The molecule has 5 nitrogen and oxygen atoms in total. The Morgan fingerprint density at radius 2 is 2.00 bits per heavy atom. The van der Waals surface area contributed by atoms with Crippen LogP contribution >= 0.6 is 15.9 Å². The fourth-order valence-corrected chi connectivity index (χ4v) is 2.30. The van der Waals surface area contributed by atoms with Gasteiger partial charge in [0.15, 0.2) is 0 Å². The average Bonchev–Trinajstić information content (AvgIpc) is 2.48. The molecule has 2 aromatic carbocycles. The van der Waals surface area contributed by atoms with Gasteiger partial charge in [-0.05, 0) is 36.4 Å². The highest BCUT2D eigenvalue weighted by atomic mass is 79.9. The van der Waals surface area contributed by atoms with Crippen molar-refractivity contribution in [2.24, 2.45) is 0 Å². The number of hydrogen-bond donors (Lipinski definition) is 2. The lowest BCUT2D eigenvalue weighted by Crippen LogP contribution is -2.35. The van der Waals surface area contributed by atoms with Gasteiger partial charge in [0.2, 0.25) is 5.91 Å². The van der Waals surface area contributed by atoms with Crippen LogP contribution in [0.15, 0.2) is 46.9 Å². The van der Waals surface area contributed by atoms with E-state index in [1.165, 1.54) is 37.4 Å². The molecule has 7 heteroatoms. The molecule has 0 atom stereocenters. The normalized spacial score (nSPS) is 10.2. The van der Waals surface area contributed by atoms with Gasteiger partial charge in [-0.3, -0.25) is 9.59 Å². The van der Waals surface area contributed by atoms with Crippen molar-refractivity contribution in [3.8, 4) is 5.75 Å². The number of rotatable bonds is 4. The molecule has 0 aliphatic rings. The van der Waals surface area contributed by atoms with Gasteiger partial charge in [0.05, 0.1) is 12.1 Å². The number of hydrogen-bond acceptors (Lipinski definition) is 3. The van der Waals surface area contributed by atoms with Crippen molar-refractivity contribution < 1.29 is 19.1 Å². The Labute approximate surface area is 140 Å². The fourth-order valence-electron chi connectivity index (χ4n) is 1.94. The van der Waals surface area contributed by atoms with E-state index in [1.807, 2.05) is 0 Å². The van der Waals surface area contributed by atoms with E-state index >= 15 is 0 Å². The molecule has 0 unspecified atom stereocenters. The number of carbonyl (C=O) groups excluding carboxylic acids is 2. The molecule has 0 aliphatic heterocycles. The summed E-state index contributed by atoms with van der Waals surface area (Å²) in [6.45, 7) is -0.235. The second-order valence-electron chi connectivity index (χ2n) is 4.88. The molecule has 23 heavy (non-hydrogen) atoms. The summed E-state index contributed by atoms with van der Waals surface area (Å²) >= 11 is 3.22. The van der Waals surface area contributed by atoms with Crippen molar-refractivity contribution in [1.82, 2.24) is 4.90 Å². The Morgan fingerprint density at radius 1 is 1.26 bits per heavy atom. The van der Waals surface area contributed by atoms with Gasteiger partial charge >= 0.3 is 0 Å². The highest BCUT2D eigenvalue weighted by Crippen LogP contribution is 2.23. The molecular weight excluding hydrogens is 367 g/mol. The fraction of sp³-hybridized carbons (Fsp3) is 0.125. The van der Waals surface area contributed by atoms with Gasteiger partial charge in [-0.25, -0.2) is 4.39 Å². The monoisotopic (exact) mass is 380 g/mol. The number of anilines is 1. The zero-order valence-electron chi connectivity index (χ0n) is 12.2. The maximum absolute atomic E-state index is 13.1. The summed E-state index contributed by atoms with van der Waals surface area (Å²) in [6, 6.07) is 9.92. The second-order valence-corrected chi connectivity index (χ2v) is 5.80. The highest BCUT2D eigenvalue weighted by Gasteiger charge is 2.18. The number of phenolic OH excluding ortho intramolecular Hbond substituents is 1. The number of phenols is 1. The third-order valence-corrected chi connectivity index (χ3v) is 3.52. The molecule has 0 bridgehead atoms. The predicted octanol–water partition coefficient (Wildman–Crippen LogP) is 3.00. The van der Waals surface area contributed by atoms with E-state index in [-0.39, 0.29) is 17.9 Å². The van der Waals surface area contributed by atoms with Crippen molar-refractivity contribution in [1.29, 1.82) is 0 Å². The van der Waals surface area contributed by atoms with E-state index < -0.39 is 17.6 Å². The SMILES string of the molecule is CN(CC(=O)Nc1cccc(F)c1)C(=O)c1cc(Br)ccc1O. The first-order valence-corrected chi connectivity index (χ1v) is 7.45. The molecule has 0 heterocycles. The molecule has 0 saturated heterocycles. The first kappa shape index (κ1) is 17.0. The molecular formula is C16H14BrFN2O3. The molecule has 0 radical (unpaired) electrons. The number of aromatic hydroxyl groups is 1. The summed E-state index contributed by atoms with van der Waals surface area (Å²) in [5, 5.41) is 12.2. The van der Waals surface area contributed by atoms with Gasteiger partial charge in [0.25, 0.3) is 5.91 Å². The first-order valence-electron chi connectivity index (χ1n) is 6.66. The molecule has 0 spiro atoms. The van der Waals surface area contributed by atoms with E-state index in [2.05, 4.69) is 21.2 Å². The summed E-state index contributed by atoms with van der Waals surface area (Å²) < 4.78 is 13.7. The Balaban J connectivity index is 2.03. The van der Waals surface area contributed by atoms with Crippen LogP contribution in [0.3, 0.4) is 0 Å². The molecule has 0 aliphatic carbocycles. The van der Waals surface area contributed by atoms with Crippen molar-refractivity contribution in [2.75, 3.05) is 18.9 Å². The molecule has 0 saturated carbocycles. The number of likely N-dealkylation sites (N-methyl/N-ethyl adjacent to an activating group) is 1. The number of nitrogens with zero attached hydrogens (tertiary/aromatic N) is 1. The number of benzene rings is 2. The minimum absolute atomic E-state index is 0.0837. The summed E-state index contributed by atoms with van der Waals surface area (Å²) in [4.78, 5) is 25.4. The van der Waals surface area contributed by atoms with Crippen LogP contribution in [0.2, 0.25) is 0 Å². The van der Waals surface area contributed by atoms with Gasteiger partial charge in [0.1, 0.15) is 11.6 Å². The summed E-state index contributed by atoms with van der Waals surface area (Å²) in [5.74, 6) is -1.61. The molecule has 120 valence electrons. The Kier molecular flexibility index (Phi) is 5.33. The maximum Gasteiger partial charge on any atom is 0.257 e. The summed E-state index contributed by atoms with van der Waals surface area (Å²) in [5.41, 5.74) is 0.390. The number of nitrogens with one attached hydrogen (secondary N) is 1. The van der Waals surface area contributed by atoms with E-state index in [0.29, 0.717) is 10.2 Å². The van der Waals surface area contributed by atoms with E-state index in [0.717, 1.165) is 4.90 Å². The van der Waals surface area contributed by atoms with Crippen LogP contribution in [-0.2, 0) is 4.79 Å². The van der Waals surface area contributed by atoms with Crippen LogP contribution in [0.5, 0.6) is 5.75 Å². The van der Waals surface area contributed by atoms with Gasteiger partial charge in [-0.1, -0.05) is 22.0 Å². The van der Waals surface area contributed by atoms with Crippen LogP contribution in [-0.4, -0.2) is 35.4 Å². The van der Waals surface area contributed by atoms with Crippen molar-refractivity contribution in [3.63, 3.8) is 0 Å². The highest BCUT2D eigenvalue weighted by molar-refractivity contribution is 9.10. The van der Waals surface area contributed by atoms with Gasteiger partial charge in [0, 0.05) is 17.2 Å². The first-order chi connectivity index (χ1) is 10.9. The van der Waals surface area contributed by atoms with Crippen molar-refractivity contribution in [3.05, 3.63) is 58.3 Å². The van der Waals surface area contributed by atoms with Gasteiger partial charge in [-0.15, -0.1) is 0 Å². The van der Waals surface area contributed by atoms with E-state index in [1.54, 1.807) is 12.1 Å². The van der Waals surface area contributed by atoms with E-state index in [9.17, 15) is 19.1 Å². The third-order valence-electron chi connectivity index (χ3n) is 3.02. The third kappa shape index (κ3) is 4.53. The number of carbonyl (C=O) groups is 2. The summed E-state index contributed by atoms with van der Waals surface area (Å²) in [6.07, 6.45) is 0. The predicted molar refractivity (Wildman–Crippen MR) is 87.8 cm³/mol. The minimum atomic E-state index is -0.502. The molecule has 2 amide bonds. The summed E-state index contributed by atoms with van der Waals surface area (Å²) in [7, 11) is 1.44.